The van der Waals surface area contributed by atoms with Gasteiger partial charge in [-0.3, -0.25) is 15.1 Å². The third-order valence-corrected chi connectivity index (χ3v) is 2.86. The number of hydrogen-bond acceptors (Lipinski definition) is 4. The van der Waals surface area contributed by atoms with E-state index in [9.17, 15) is 9.18 Å². The minimum atomic E-state index is -0.358. The Kier molecular flexibility index (Phi) is 2.86. The van der Waals surface area contributed by atoms with Crippen molar-refractivity contribution in [2.24, 2.45) is 0 Å². The normalized spacial score (nSPS) is 10.7. The van der Waals surface area contributed by atoms with Gasteiger partial charge in [-0.25, -0.2) is 9.49 Å². The van der Waals surface area contributed by atoms with Crippen LogP contribution in [0.4, 0.5) is 10.3 Å². The van der Waals surface area contributed by atoms with Crippen LogP contribution in [0.2, 0.25) is 0 Å². The lowest BCUT2D eigenvalue weighted by Crippen LogP contribution is -2.15. The Morgan fingerprint density at radius 3 is 2.95 bits per heavy atom. The van der Waals surface area contributed by atoms with Crippen LogP contribution in [0.25, 0.3) is 10.9 Å². The number of anilines is 1. The van der Waals surface area contributed by atoms with E-state index in [0.717, 1.165) is 0 Å². The molecule has 0 unspecified atom stereocenters. The number of aromatic amines is 1. The average molecular weight is 271 g/mol. The molecule has 1 aromatic carbocycles. The molecule has 0 bridgehead atoms. The van der Waals surface area contributed by atoms with Gasteiger partial charge in [0, 0.05) is 11.5 Å². The molecular weight excluding hydrogens is 261 g/mol. The van der Waals surface area contributed by atoms with Crippen LogP contribution in [-0.2, 0) is 0 Å². The number of pyridine rings is 1. The van der Waals surface area contributed by atoms with Gasteiger partial charge in [0.2, 0.25) is 5.95 Å². The van der Waals surface area contributed by atoms with Crippen LogP contribution in [0.3, 0.4) is 0 Å². The van der Waals surface area contributed by atoms with E-state index in [1.54, 1.807) is 19.1 Å². The predicted octanol–water partition coefficient (Wildman–Crippen LogP) is 2.05. The Bertz CT molecular complexity index is 785. The molecule has 6 nitrogen and oxygen atoms in total. The molecule has 2 heterocycles. The van der Waals surface area contributed by atoms with Crippen LogP contribution in [0.5, 0.6) is 0 Å². The number of aryl methyl sites for hydroxylation is 1. The number of benzene rings is 1. The molecular formula is C13H10FN5O. The molecule has 2 aromatic heterocycles. The second-order valence-electron chi connectivity index (χ2n) is 4.25. The zero-order valence-corrected chi connectivity index (χ0v) is 10.5. The molecule has 7 heteroatoms. The summed E-state index contributed by atoms with van der Waals surface area (Å²) in [6.07, 6.45) is 1.30. The average Bonchev–Trinajstić information content (AvgIpc) is 2.90. The van der Waals surface area contributed by atoms with E-state index in [4.69, 9.17) is 0 Å². The summed E-state index contributed by atoms with van der Waals surface area (Å²) in [6, 6.07) is 5.92. The molecule has 0 fully saturated rings. The van der Waals surface area contributed by atoms with E-state index < -0.39 is 0 Å². The van der Waals surface area contributed by atoms with Crippen molar-refractivity contribution in [3.63, 3.8) is 0 Å². The molecule has 0 atom stereocenters. The van der Waals surface area contributed by atoms with Crippen molar-refractivity contribution in [1.82, 2.24) is 20.2 Å². The van der Waals surface area contributed by atoms with Gasteiger partial charge in [0.1, 0.15) is 12.1 Å². The van der Waals surface area contributed by atoms with Crippen molar-refractivity contribution in [2.75, 3.05) is 5.32 Å². The number of amides is 1. The topological polar surface area (TPSA) is 83.6 Å². The molecule has 2 N–H and O–H groups in total. The van der Waals surface area contributed by atoms with Crippen molar-refractivity contribution in [3.05, 3.63) is 47.7 Å². The highest BCUT2D eigenvalue weighted by atomic mass is 19.1. The second-order valence-corrected chi connectivity index (χ2v) is 4.25. The minimum Gasteiger partial charge on any atom is -0.291 e. The molecule has 0 radical (unpaired) electrons. The summed E-state index contributed by atoms with van der Waals surface area (Å²) >= 11 is 0. The van der Waals surface area contributed by atoms with Gasteiger partial charge in [0.05, 0.1) is 16.8 Å². The molecule has 0 saturated heterocycles. The van der Waals surface area contributed by atoms with Gasteiger partial charge in [-0.1, -0.05) is 0 Å². The van der Waals surface area contributed by atoms with Gasteiger partial charge in [0.25, 0.3) is 5.91 Å². The Labute approximate surface area is 113 Å². The van der Waals surface area contributed by atoms with Crippen molar-refractivity contribution in [1.29, 1.82) is 0 Å². The zero-order chi connectivity index (χ0) is 14.1. The highest BCUT2D eigenvalue weighted by Gasteiger charge is 2.13. The number of hydrogen-bond donors (Lipinski definition) is 2. The molecule has 3 rings (SSSR count). The number of fused-ring (bicyclic) bond motifs is 1. The van der Waals surface area contributed by atoms with Gasteiger partial charge in [-0.2, -0.15) is 10.1 Å². The Balaban J connectivity index is 2.00. The maximum Gasteiger partial charge on any atom is 0.259 e. The zero-order valence-electron chi connectivity index (χ0n) is 10.5. The molecule has 0 spiro atoms. The quantitative estimate of drug-likeness (QED) is 0.747. The lowest BCUT2D eigenvalue weighted by Gasteiger charge is -2.07. The number of nitrogens with zero attached hydrogens (tertiary/aromatic N) is 3. The summed E-state index contributed by atoms with van der Waals surface area (Å²) in [5, 5.41) is 9.45. The van der Waals surface area contributed by atoms with Crippen LogP contribution in [0.15, 0.2) is 30.6 Å². The summed E-state index contributed by atoms with van der Waals surface area (Å²) in [4.78, 5) is 20.2. The molecule has 0 aliphatic rings. The first kappa shape index (κ1) is 12.2. The molecule has 100 valence electrons. The van der Waals surface area contributed by atoms with Crippen molar-refractivity contribution < 1.29 is 9.18 Å². The van der Waals surface area contributed by atoms with Crippen LogP contribution in [0.1, 0.15) is 16.1 Å². The van der Waals surface area contributed by atoms with E-state index in [0.29, 0.717) is 22.2 Å². The maximum atomic E-state index is 13.1. The molecule has 0 saturated carbocycles. The second kappa shape index (κ2) is 4.69. The number of halogens is 1. The fraction of sp³-hybridized carbons (Fsp3) is 0.0769. The van der Waals surface area contributed by atoms with Gasteiger partial charge in [0.15, 0.2) is 0 Å². The van der Waals surface area contributed by atoms with Crippen molar-refractivity contribution in [2.45, 2.75) is 6.92 Å². The summed E-state index contributed by atoms with van der Waals surface area (Å²) in [5.74, 6) is -0.449. The number of carbonyl (C=O) groups is 1. The number of aromatic nitrogens is 4. The first-order chi connectivity index (χ1) is 9.63. The summed E-state index contributed by atoms with van der Waals surface area (Å²) in [7, 11) is 0. The third kappa shape index (κ3) is 2.20. The number of nitrogens with one attached hydrogen (secondary N) is 2. The first-order valence-corrected chi connectivity index (χ1v) is 5.87. The van der Waals surface area contributed by atoms with Crippen LogP contribution in [0, 0.1) is 12.7 Å². The fourth-order valence-corrected chi connectivity index (χ4v) is 1.91. The van der Waals surface area contributed by atoms with Crippen molar-refractivity contribution >= 4 is 22.8 Å². The Morgan fingerprint density at radius 2 is 2.20 bits per heavy atom. The molecule has 0 aliphatic carbocycles. The molecule has 1 amide bonds. The smallest absolute Gasteiger partial charge is 0.259 e. The van der Waals surface area contributed by atoms with Crippen LogP contribution >= 0.6 is 0 Å². The third-order valence-electron chi connectivity index (χ3n) is 2.86. The lowest BCUT2D eigenvalue weighted by molar-refractivity contribution is 0.102. The lowest BCUT2D eigenvalue weighted by atomic mass is 10.1. The van der Waals surface area contributed by atoms with Gasteiger partial charge < -0.3 is 0 Å². The highest BCUT2D eigenvalue weighted by Crippen LogP contribution is 2.18. The van der Waals surface area contributed by atoms with E-state index >= 15 is 0 Å². The molecule has 20 heavy (non-hydrogen) atoms. The monoisotopic (exact) mass is 271 g/mol. The van der Waals surface area contributed by atoms with Crippen molar-refractivity contribution in [3.8, 4) is 0 Å². The number of H-pyrrole nitrogens is 1. The van der Waals surface area contributed by atoms with E-state index in [2.05, 4.69) is 25.5 Å². The number of rotatable bonds is 2. The van der Waals surface area contributed by atoms with Gasteiger partial charge >= 0.3 is 0 Å². The van der Waals surface area contributed by atoms with Crippen LogP contribution in [-0.4, -0.2) is 26.1 Å². The molecule has 3 aromatic rings. The minimum absolute atomic E-state index is 0.258. The highest BCUT2D eigenvalue weighted by molar-refractivity contribution is 6.05. The van der Waals surface area contributed by atoms with Crippen LogP contribution < -0.4 is 5.32 Å². The van der Waals surface area contributed by atoms with Gasteiger partial charge in [-0.15, -0.1) is 0 Å². The molecule has 0 aliphatic heterocycles. The standard InChI is InChI=1S/C13H10FN5O/c1-7-10(12(20)18-13-15-6-16-19-13)4-8-2-3-9(14)5-11(8)17-7/h2-6H,1H3,(H2,15,16,18,19,20). The predicted molar refractivity (Wildman–Crippen MR) is 70.8 cm³/mol. The SMILES string of the molecule is Cc1nc2cc(F)ccc2cc1C(=O)Nc1ncn[nH]1. The fourth-order valence-electron chi connectivity index (χ4n) is 1.91. The van der Waals surface area contributed by atoms with Gasteiger partial charge in [-0.05, 0) is 25.1 Å². The Morgan fingerprint density at radius 1 is 1.35 bits per heavy atom. The maximum absolute atomic E-state index is 13.1. The largest absolute Gasteiger partial charge is 0.291 e. The first-order valence-electron chi connectivity index (χ1n) is 5.87. The van der Waals surface area contributed by atoms with E-state index in [1.165, 1.54) is 18.5 Å². The summed E-state index contributed by atoms with van der Waals surface area (Å²) in [6.45, 7) is 1.69. The van der Waals surface area contributed by atoms with E-state index in [1.807, 2.05) is 0 Å². The summed E-state index contributed by atoms with van der Waals surface area (Å²) < 4.78 is 13.1. The summed E-state index contributed by atoms with van der Waals surface area (Å²) in [5.41, 5.74) is 1.43. The number of carbonyl (C=O) groups excluding carboxylic acids is 1. The Hall–Kier alpha value is -2.83. The van der Waals surface area contributed by atoms with E-state index in [-0.39, 0.29) is 17.7 Å².